The fourth-order valence-corrected chi connectivity index (χ4v) is 10.5. The van der Waals surface area contributed by atoms with E-state index >= 15 is 0 Å². The van der Waals surface area contributed by atoms with E-state index in [9.17, 15) is 55.9 Å². The van der Waals surface area contributed by atoms with Gasteiger partial charge in [0.2, 0.25) is 12.0 Å². The van der Waals surface area contributed by atoms with Crippen LogP contribution in [0, 0.1) is 11.3 Å². The van der Waals surface area contributed by atoms with Gasteiger partial charge in [-0.3, -0.25) is 10.4 Å². The first-order valence-corrected chi connectivity index (χ1v) is 23.1. The van der Waals surface area contributed by atoms with Crippen LogP contribution in [0.3, 0.4) is 0 Å². The minimum Gasteiger partial charge on any atom is -0.508 e. The number of benzene rings is 4. The minimum atomic E-state index is -2.80. The number of aliphatic hydroxyl groups excluding tert-OH is 4. The normalized spacial score (nSPS) is 27.7. The Labute approximate surface area is 410 Å². The minimum absolute atomic E-state index is 0.0576. The molecule has 374 valence electrons. The summed E-state index contributed by atoms with van der Waals surface area (Å²) in [6.45, 7) is -0.659. The molecule has 6 aliphatic rings. The Morgan fingerprint density at radius 1 is 0.944 bits per heavy atom. The van der Waals surface area contributed by atoms with Crippen LogP contribution in [0.15, 0.2) is 124 Å². The monoisotopic (exact) mass is 986 g/mol. The molecule has 10 rings (SSSR count). The Morgan fingerprint density at radius 2 is 1.68 bits per heavy atom. The van der Waals surface area contributed by atoms with Gasteiger partial charge in [0.05, 0.1) is 30.5 Å². The predicted octanol–water partition coefficient (Wildman–Crippen LogP) is 4.07. The van der Waals surface area contributed by atoms with E-state index in [0.29, 0.717) is 42.4 Å². The highest BCUT2D eigenvalue weighted by Crippen LogP contribution is 2.57. The third kappa shape index (κ3) is 8.40. The van der Waals surface area contributed by atoms with Crippen molar-refractivity contribution in [1.29, 1.82) is 5.41 Å². The number of phenolic OH excluding ortho intramolecular Hbond substituents is 3. The number of carbonyl (C=O) groups is 1. The molecule has 20 heteroatoms. The lowest BCUT2D eigenvalue weighted by atomic mass is 9.60. The van der Waals surface area contributed by atoms with Crippen LogP contribution in [0.1, 0.15) is 54.0 Å². The van der Waals surface area contributed by atoms with Crippen LogP contribution in [0.2, 0.25) is 0 Å². The molecule has 2 bridgehead atoms. The summed E-state index contributed by atoms with van der Waals surface area (Å²) in [6, 6.07) is 20.0. The number of nitrogens with one attached hydrogen (secondary N) is 1. The third-order valence-corrected chi connectivity index (χ3v) is 13.9. The van der Waals surface area contributed by atoms with Crippen LogP contribution in [0.5, 0.6) is 40.2 Å². The Kier molecular flexibility index (Phi) is 12.4. The predicted molar refractivity (Wildman–Crippen MR) is 256 cm³/mol. The molecule has 20 nitrogen and oxygen atoms in total. The quantitative estimate of drug-likeness (QED) is 0.0748. The molecule has 9 atom stereocenters. The zero-order chi connectivity index (χ0) is 50.7. The Hall–Kier alpha value is -7.59. The molecule has 4 aromatic carbocycles. The smallest absolute Gasteiger partial charge is 0.336 e. The lowest BCUT2D eigenvalue weighted by molar-refractivity contribution is -0.338. The topological polar surface area (TPSA) is 326 Å². The molecule has 0 amide bonds. The number of rotatable bonds is 15. The van der Waals surface area contributed by atoms with Gasteiger partial charge in [0.25, 0.3) is 0 Å². The zero-order valence-electron chi connectivity index (χ0n) is 38.1. The van der Waals surface area contributed by atoms with Crippen LogP contribution >= 0.6 is 0 Å². The first-order chi connectivity index (χ1) is 34.5. The fraction of sp³-hybridized carbons (Fsp3) is 0.327. The first-order valence-electron chi connectivity index (χ1n) is 23.1. The van der Waals surface area contributed by atoms with E-state index in [0.717, 1.165) is 0 Å². The maximum atomic E-state index is 13.3. The van der Waals surface area contributed by atoms with E-state index < -0.39 is 95.1 Å². The van der Waals surface area contributed by atoms with Crippen molar-refractivity contribution in [1.82, 2.24) is 0 Å². The van der Waals surface area contributed by atoms with E-state index in [1.165, 1.54) is 73.1 Å². The number of carboxylic acid groups (broad SMARTS) is 1. The summed E-state index contributed by atoms with van der Waals surface area (Å²) in [5.41, 5.74) is -5.02. The number of aliphatic imine (C=N–C) groups is 3. The molecule has 4 aliphatic heterocycles. The van der Waals surface area contributed by atoms with Gasteiger partial charge in [0.1, 0.15) is 76.0 Å². The summed E-state index contributed by atoms with van der Waals surface area (Å²) >= 11 is 0. The number of nitrogens with zero attached hydrogens (tertiary/aromatic N) is 3. The number of carboxylic acids is 1. The average molecular weight is 987 g/mol. The van der Waals surface area contributed by atoms with Crippen molar-refractivity contribution in [3.63, 3.8) is 0 Å². The number of ether oxygens (including phenoxy) is 5. The van der Waals surface area contributed by atoms with E-state index in [-0.39, 0.29) is 64.4 Å². The van der Waals surface area contributed by atoms with Crippen molar-refractivity contribution >= 4 is 35.3 Å². The molecule has 0 aromatic heterocycles. The lowest BCUT2D eigenvalue weighted by Gasteiger charge is -2.57. The van der Waals surface area contributed by atoms with E-state index in [4.69, 9.17) is 29.1 Å². The number of hydrogen-bond donors (Lipinski definition) is 11. The number of aliphatic carboxylic acids is 1. The third-order valence-electron chi connectivity index (χ3n) is 13.9. The largest absolute Gasteiger partial charge is 0.508 e. The molecule has 0 spiro atoms. The van der Waals surface area contributed by atoms with Crippen molar-refractivity contribution in [2.24, 2.45) is 20.9 Å². The van der Waals surface area contributed by atoms with E-state index in [1.807, 2.05) is 0 Å². The van der Waals surface area contributed by atoms with Gasteiger partial charge in [-0.05, 0) is 103 Å². The molecule has 4 heterocycles. The molecular formula is C52H50N4O16. The standard InChI is InChI=1S/C52H50N4O16/c53-40-14-13-33(56-40)43(61)39(24-57)68-32-11-9-27(10-12-32)36-20-35(60)41-37(69-36)21-38(45(44(41)62)72-50(15-1-2-16-50)29-6-4-8-31(59)19-29)70-49-51(66)22-28(17-26-5-3-7-30(58)18-26)42(34-23-54-25-55-34)52(67,48(51)65)46(71-49)47(63)64/h3-14,18-22,25,36,39,42-43,46,48-49,53,57-62,65-67H,1-2,15-17,23-24H2,(H,63,64)/t36?,39-,42+,43+,46+,48-,49+,51+,52+/m0/s1. The van der Waals surface area contributed by atoms with Crippen molar-refractivity contribution in [2.45, 2.75) is 85.7 Å². The van der Waals surface area contributed by atoms with Gasteiger partial charge in [0.15, 0.2) is 29.3 Å². The summed E-state index contributed by atoms with van der Waals surface area (Å²) in [5, 5.41) is 122. The molecular weight excluding hydrogens is 937 g/mol. The second kappa shape index (κ2) is 18.5. The molecule has 1 saturated carbocycles. The number of phenols is 3. The molecule has 4 aromatic rings. The average Bonchev–Trinajstić information content (AvgIpc) is 4.16. The van der Waals surface area contributed by atoms with Crippen molar-refractivity contribution in [2.75, 3.05) is 13.2 Å². The second-order valence-electron chi connectivity index (χ2n) is 18.5. The maximum absolute atomic E-state index is 13.3. The van der Waals surface area contributed by atoms with Crippen LogP contribution < -0.4 is 18.9 Å². The number of amidine groups is 1. The molecule has 1 unspecified atom stereocenters. The van der Waals surface area contributed by atoms with Crippen molar-refractivity contribution in [3.05, 3.63) is 131 Å². The summed E-state index contributed by atoms with van der Waals surface area (Å²) in [5.74, 6) is -5.26. The van der Waals surface area contributed by atoms with Crippen molar-refractivity contribution in [3.8, 4) is 40.2 Å². The van der Waals surface area contributed by atoms with Crippen LogP contribution in [-0.4, -0.2) is 136 Å². The Balaban J connectivity index is 1.05. The van der Waals surface area contributed by atoms with Gasteiger partial charge in [-0.1, -0.05) is 42.0 Å². The lowest BCUT2D eigenvalue weighted by Crippen LogP contribution is -2.79. The number of hydrogen-bond acceptors (Lipinski definition) is 18. The van der Waals surface area contributed by atoms with Crippen LogP contribution in [0.4, 0.5) is 0 Å². The molecule has 2 aliphatic carbocycles. The highest BCUT2D eigenvalue weighted by atomic mass is 16.7. The Morgan fingerprint density at radius 3 is 2.33 bits per heavy atom. The summed E-state index contributed by atoms with van der Waals surface area (Å²) in [4.78, 5) is 25.7. The summed E-state index contributed by atoms with van der Waals surface area (Å²) in [6.07, 6.45) is -1.76. The zero-order valence-corrected chi connectivity index (χ0v) is 38.1. The highest BCUT2D eigenvalue weighted by Gasteiger charge is 2.71. The number of aromatic hydroxyl groups is 3. The second-order valence-corrected chi connectivity index (χ2v) is 18.5. The summed E-state index contributed by atoms with van der Waals surface area (Å²) < 4.78 is 31.6. The Bertz CT molecular complexity index is 3020. The van der Waals surface area contributed by atoms with Crippen molar-refractivity contribution < 1.29 is 79.5 Å². The highest BCUT2D eigenvalue weighted by molar-refractivity contribution is 6.16. The number of aliphatic hydroxyl groups is 6. The van der Waals surface area contributed by atoms with Gasteiger partial charge >= 0.3 is 5.97 Å². The van der Waals surface area contributed by atoms with Gasteiger partial charge in [-0.25, -0.2) is 14.8 Å². The van der Waals surface area contributed by atoms with E-state index in [1.54, 1.807) is 36.4 Å². The van der Waals surface area contributed by atoms with Gasteiger partial charge in [0, 0.05) is 12.1 Å². The number of fused-ring (bicyclic) bond motifs is 3. The molecule has 2 fully saturated rings. The molecule has 1 saturated heterocycles. The van der Waals surface area contributed by atoms with Gasteiger partial charge in [-0.15, -0.1) is 0 Å². The van der Waals surface area contributed by atoms with Crippen LogP contribution in [-0.2, 0) is 21.6 Å². The van der Waals surface area contributed by atoms with Gasteiger partial charge in [-0.2, -0.15) is 0 Å². The van der Waals surface area contributed by atoms with E-state index in [2.05, 4.69) is 15.0 Å². The van der Waals surface area contributed by atoms with Crippen LogP contribution in [0.25, 0.3) is 5.76 Å². The maximum Gasteiger partial charge on any atom is 0.336 e. The summed E-state index contributed by atoms with van der Waals surface area (Å²) in [7, 11) is 0. The molecule has 72 heavy (non-hydrogen) atoms. The molecule has 11 N–H and O–H groups in total. The SMILES string of the molecule is N=C1C=CC([C@@H](O)[C@H](CO)Oc2ccc(C3C=C(O)c4c(cc(O[C@@H]5O[C@H](C(=O)O)[C@]6(O)[C@@H](C7=NC=NC7)C(Cc7cccc(O)c7)=C[C@@]5(O)[C@@H]6O)c(OC5(c6cccc(O)c6)CCCC5)c4O)O3)cc2)=N1. The first kappa shape index (κ1) is 48.1. The fourth-order valence-electron chi connectivity index (χ4n) is 10.5. The molecule has 0 radical (unpaired) electrons. The van der Waals surface area contributed by atoms with Gasteiger partial charge < -0.3 is 74.7 Å².